The van der Waals surface area contributed by atoms with Crippen molar-refractivity contribution in [3.05, 3.63) is 28.8 Å². The van der Waals surface area contributed by atoms with Crippen LogP contribution in [-0.4, -0.2) is 4.98 Å². The Kier molecular flexibility index (Phi) is 2.11. The second kappa shape index (κ2) is 3.06. The summed E-state index contributed by atoms with van der Waals surface area (Å²) >= 11 is 1.74. The molecule has 14 heavy (non-hydrogen) atoms. The summed E-state index contributed by atoms with van der Waals surface area (Å²) in [5, 5.41) is 0. The molecule has 1 heterocycles. The molecular weight excluding hydrogens is 190 g/mol. The van der Waals surface area contributed by atoms with Crippen molar-refractivity contribution >= 4 is 21.6 Å². The number of fused-ring (bicyclic) bond motifs is 1. The second-order valence-corrected chi connectivity index (χ2v) is 5.62. The first-order chi connectivity index (χ1) is 6.48. The van der Waals surface area contributed by atoms with Crippen molar-refractivity contribution < 1.29 is 0 Å². The Morgan fingerprint density at radius 2 is 1.93 bits per heavy atom. The van der Waals surface area contributed by atoms with Gasteiger partial charge in [0.25, 0.3) is 0 Å². The average Bonchev–Trinajstić information content (AvgIpc) is 2.47. The molecule has 0 aliphatic heterocycles. The van der Waals surface area contributed by atoms with E-state index < -0.39 is 0 Å². The molecule has 0 bridgehead atoms. The predicted octanol–water partition coefficient (Wildman–Crippen LogP) is 3.90. The van der Waals surface area contributed by atoms with E-state index in [-0.39, 0.29) is 5.41 Å². The molecule has 74 valence electrons. The van der Waals surface area contributed by atoms with Gasteiger partial charge in [-0.3, -0.25) is 0 Å². The molecule has 0 amide bonds. The number of hydrogen-bond acceptors (Lipinski definition) is 2. The van der Waals surface area contributed by atoms with Gasteiger partial charge in [-0.05, 0) is 29.5 Å². The SMILES string of the molecule is Cc1cc(C(C)(C)C)c2scnc2c1. The minimum Gasteiger partial charge on any atom is -0.245 e. The van der Waals surface area contributed by atoms with Crippen LogP contribution in [0, 0.1) is 6.92 Å². The fourth-order valence-corrected chi connectivity index (χ4v) is 2.66. The van der Waals surface area contributed by atoms with E-state index in [1.165, 1.54) is 15.8 Å². The lowest BCUT2D eigenvalue weighted by Gasteiger charge is -2.20. The molecule has 0 N–H and O–H groups in total. The Bertz CT molecular complexity index is 463. The van der Waals surface area contributed by atoms with Crippen molar-refractivity contribution in [2.24, 2.45) is 0 Å². The van der Waals surface area contributed by atoms with Crippen molar-refractivity contribution in [2.45, 2.75) is 33.1 Å². The summed E-state index contributed by atoms with van der Waals surface area (Å²) in [6.07, 6.45) is 0. The van der Waals surface area contributed by atoms with E-state index >= 15 is 0 Å². The number of hydrogen-bond donors (Lipinski definition) is 0. The highest BCUT2D eigenvalue weighted by Gasteiger charge is 2.18. The molecule has 2 rings (SSSR count). The first-order valence-electron chi connectivity index (χ1n) is 4.83. The zero-order chi connectivity index (χ0) is 10.3. The van der Waals surface area contributed by atoms with E-state index in [1.54, 1.807) is 11.3 Å². The third-order valence-corrected chi connectivity index (χ3v) is 3.26. The Balaban J connectivity index is 2.80. The van der Waals surface area contributed by atoms with Crippen molar-refractivity contribution in [2.75, 3.05) is 0 Å². The van der Waals surface area contributed by atoms with Crippen molar-refractivity contribution in [1.29, 1.82) is 0 Å². The molecule has 0 aliphatic carbocycles. The molecule has 0 atom stereocenters. The summed E-state index contributed by atoms with van der Waals surface area (Å²) < 4.78 is 1.34. The number of nitrogens with zero attached hydrogens (tertiary/aromatic N) is 1. The fourth-order valence-electron chi connectivity index (χ4n) is 1.67. The summed E-state index contributed by atoms with van der Waals surface area (Å²) in [4.78, 5) is 4.37. The van der Waals surface area contributed by atoms with Gasteiger partial charge in [-0.1, -0.05) is 26.8 Å². The molecule has 1 aromatic carbocycles. The lowest BCUT2D eigenvalue weighted by Crippen LogP contribution is -2.11. The third kappa shape index (κ3) is 1.55. The molecule has 0 unspecified atom stereocenters. The van der Waals surface area contributed by atoms with Gasteiger partial charge in [0.2, 0.25) is 0 Å². The van der Waals surface area contributed by atoms with Crippen LogP contribution in [0.25, 0.3) is 10.2 Å². The van der Waals surface area contributed by atoms with E-state index in [1.807, 2.05) is 5.51 Å². The van der Waals surface area contributed by atoms with Gasteiger partial charge in [0, 0.05) is 0 Å². The van der Waals surface area contributed by atoms with Gasteiger partial charge >= 0.3 is 0 Å². The van der Waals surface area contributed by atoms with Gasteiger partial charge in [-0.25, -0.2) is 4.98 Å². The summed E-state index contributed by atoms with van der Waals surface area (Å²) in [5.41, 5.74) is 5.99. The van der Waals surface area contributed by atoms with Gasteiger partial charge in [-0.2, -0.15) is 0 Å². The molecule has 2 heteroatoms. The summed E-state index contributed by atoms with van der Waals surface area (Å²) in [6, 6.07) is 4.43. The highest BCUT2D eigenvalue weighted by molar-refractivity contribution is 7.17. The minimum atomic E-state index is 0.205. The van der Waals surface area contributed by atoms with Gasteiger partial charge in [0.15, 0.2) is 0 Å². The molecule has 1 nitrogen and oxygen atoms in total. The Morgan fingerprint density at radius 1 is 1.21 bits per heavy atom. The largest absolute Gasteiger partial charge is 0.245 e. The van der Waals surface area contributed by atoms with Crippen molar-refractivity contribution in [3.63, 3.8) is 0 Å². The van der Waals surface area contributed by atoms with Crippen LogP contribution in [0.5, 0.6) is 0 Å². The summed E-state index contributed by atoms with van der Waals surface area (Å²) in [7, 11) is 0. The van der Waals surface area contributed by atoms with Crippen LogP contribution in [0.1, 0.15) is 31.9 Å². The maximum atomic E-state index is 4.37. The maximum Gasteiger partial charge on any atom is 0.0817 e. The molecule has 0 saturated carbocycles. The summed E-state index contributed by atoms with van der Waals surface area (Å²) in [6.45, 7) is 8.89. The lowest BCUT2D eigenvalue weighted by molar-refractivity contribution is 0.596. The molecule has 0 radical (unpaired) electrons. The number of thiazole rings is 1. The molecule has 0 spiro atoms. The van der Waals surface area contributed by atoms with E-state index in [2.05, 4.69) is 44.8 Å². The van der Waals surface area contributed by atoms with Crippen LogP contribution >= 0.6 is 11.3 Å². The fraction of sp³-hybridized carbons (Fsp3) is 0.417. The van der Waals surface area contributed by atoms with Crippen LogP contribution in [0.4, 0.5) is 0 Å². The normalized spacial score (nSPS) is 12.3. The smallest absolute Gasteiger partial charge is 0.0817 e. The summed E-state index contributed by atoms with van der Waals surface area (Å²) in [5.74, 6) is 0. The Hall–Kier alpha value is -0.890. The average molecular weight is 205 g/mol. The molecule has 1 aromatic heterocycles. The van der Waals surface area contributed by atoms with Gasteiger partial charge in [0.1, 0.15) is 0 Å². The standard InChI is InChI=1S/C12H15NS/c1-8-5-9(12(2,3)4)11-10(6-8)13-7-14-11/h5-7H,1-4H3. The van der Waals surface area contributed by atoms with E-state index in [0.717, 1.165) is 5.52 Å². The molecule has 0 fully saturated rings. The monoisotopic (exact) mass is 205 g/mol. The first kappa shape index (κ1) is 9.66. The van der Waals surface area contributed by atoms with Crippen LogP contribution < -0.4 is 0 Å². The van der Waals surface area contributed by atoms with E-state index in [4.69, 9.17) is 0 Å². The minimum absolute atomic E-state index is 0.205. The molecule has 2 aromatic rings. The van der Waals surface area contributed by atoms with Gasteiger partial charge < -0.3 is 0 Å². The highest BCUT2D eigenvalue weighted by atomic mass is 32.1. The van der Waals surface area contributed by atoms with Crippen LogP contribution in [-0.2, 0) is 5.41 Å². The molecule has 0 aliphatic rings. The molecule has 0 saturated heterocycles. The number of benzene rings is 1. The quantitative estimate of drug-likeness (QED) is 0.635. The maximum absolute atomic E-state index is 4.37. The lowest BCUT2D eigenvalue weighted by atomic mass is 9.86. The van der Waals surface area contributed by atoms with Gasteiger partial charge in [0.05, 0.1) is 15.7 Å². The van der Waals surface area contributed by atoms with Crippen LogP contribution in [0.2, 0.25) is 0 Å². The van der Waals surface area contributed by atoms with E-state index in [0.29, 0.717) is 0 Å². The Morgan fingerprint density at radius 3 is 2.57 bits per heavy atom. The zero-order valence-corrected chi connectivity index (χ0v) is 9.90. The predicted molar refractivity (Wildman–Crippen MR) is 63.1 cm³/mol. The number of aromatic nitrogens is 1. The Labute approximate surface area is 88.8 Å². The van der Waals surface area contributed by atoms with Crippen molar-refractivity contribution in [3.8, 4) is 0 Å². The van der Waals surface area contributed by atoms with Crippen molar-refractivity contribution in [1.82, 2.24) is 4.98 Å². The highest BCUT2D eigenvalue weighted by Crippen LogP contribution is 2.32. The molecular formula is C12H15NS. The van der Waals surface area contributed by atoms with E-state index in [9.17, 15) is 0 Å². The second-order valence-electron chi connectivity index (χ2n) is 4.76. The van der Waals surface area contributed by atoms with Crippen LogP contribution in [0.15, 0.2) is 17.6 Å². The zero-order valence-electron chi connectivity index (χ0n) is 9.09. The topological polar surface area (TPSA) is 12.9 Å². The number of aryl methyl sites for hydroxylation is 1. The third-order valence-electron chi connectivity index (χ3n) is 2.38. The first-order valence-corrected chi connectivity index (χ1v) is 5.71. The number of rotatable bonds is 0. The van der Waals surface area contributed by atoms with Crippen LogP contribution in [0.3, 0.4) is 0 Å². The van der Waals surface area contributed by atoms with Gasteiger partial charge in [-0.15, -0.1) is 11.3 Å².